The van der Waals surface area contributed by atoms with Crippen LogP contribution >= 0.6 is 0 Å². The summed E-state index contributed by atoms with van der Waals surface area (Å²) in [5.74, 6) is -1.97. The van der Waals surface area contributed by atoms with Gasteiger partial charge in [0.15, 0.2) is 0 Å². The minimum atomic E-state index is -4.38. The molecule has 2 aliphatic heterocycles. The highest BCUT2D eigenvalue weighted by Gasteiger charge is 2.64. The molecule has 0 unspecified atom stereocenters. The number of allylic oxidation sites excluding steroid dienone is 1. The van der Waals surface area contributed by atoms with E-state index >= 15 is 0 Å². The summed E-state index contributed by atoms with van der Waals surface area (Å²) in [5.41, 5.74) is -2.49. The third-order valence-corrected chi connectivity index (χ3v) is 13.6. The van der Waals surface area contributed by atoms with Crippen LogP contribution in [0, 0.1) is 17.8 Å². The zero-order chi connectivity index (χ0) is 40.6. The van der Waals surface area contributed by atoms with Crippen LogP contribution in [0.5, 0.6) is 11.6 Å². The van der Waals surface area contributed by atoms with Crippen LogP contribution in [0.3, 0.4) is 0 Å². The quantitative estimate of drug-likeness (QED) is 0.301. The lowest BCUT2D eigenvalue weighted by Crippen LogP contribution is -2.59. The van der Waals surface area contributed by atoms with Crippen molar-refractivity contribution in [2.45, 2.75) is 120 Å². The van der Waals surface area contributed by atoms with Crippen molar-refractivity contribution in [2.75, 3.05) is 20.3 Å². The maximum absolute atomic E-state index is 14.9. The van der Waals surface area contributed by atoms with Crippen molar-refractivity contribution in [1.82, 2.24) is 25.2 Å². The van der Waals surface area contributed by atoms with Crippen molar-refractivity contribution in [3.05, 3.63) is 42.6 Å². The van der Waals surface area contributed by atoms with Crippen LogP contribution in [-0.2, 0) is 29.1 Å². The molecular formula is C40H54FN5O9S. The molecule has 2 saturated carbocycles. The highest BCUT2D eigenvalue weighted by molar-refractivity contribution is 7.91. The maximum atomic E-state index is 14.9. The Morgan fingerprint density at radius 1 is 1.14 bits per heavy atom. The van der Waals surface area contributed by atoms with E-state index in [2.05, 4.69) is 27.3 Å². The van der Waals surface area contributed by atoms with E-state index in [9.17, 15) is 32.0 Å². The third kappa shape index (κ3) is 8.59. The van der Waals surface area contributed by atoms with Crippen molar-refractivity contribution in [1.29, 1.82) is 0 Å². The number of fused-ring (bicyclic) bond motifs is 3. The second-order valence-electron chi connectivity index (χ2n) is 16.8. The average molecular weight is 800 g/mol. The van der Waals surface area contributed by atoms with Crippen LogP contribution in [0.15, 0.2) is 42.6 Å². The molecule has 306 valence electrons. The van der Waals surface area contributed by atoms with Gasteiger partial charge in [0.25, 0.3) is 5.91 Å². The van der Waals surface area contributed by atoms with E-state index in [-0.39, 0.29) is 49.9 Å². The number of sulfonamides is 1. The molecule has 2 aromatic rings. The van der Waals surface area contributed by atoms with E-state index in [1.807, 2.05) is 37.3 Å². The topological polar surface area (TPSA) is 182 Å². The number of pyridine rings is 1. The summed E-state index contributed by atoms with van der Waals surface area (Å²) >= 11 is 0. The van der Waals surface area contributed by atoms with Gasteiger partial charge in [-0.3, -0.25) is 19.1 Å². The normalized spacial score (nSPS) is 29.7. The van der Waals surface area contributed by atoms with E-state index in [0.717, 1.165) is 11.8 Å². The van der Waals surface area contributed by atoms with E-state index < -0.39 is 80.5 Å². The average Bonchev–Trinajstić information content (AvgIpc) is 4.05. The largest absolute Gasteiger partial charge is 0.497 e. The Hall–Kier alpha value is -4.47. The Bertz CT molecular complexity index is 1980. The number of nitrogens with one attached hydrogen (secondary N) is 3. The summed E-state index contributed by atoms with van der Waals surface area (Å²) in [5, 5.41) is 7.16. The molecule has 16 heteroatoms. The second-order valence-corrected chi connectivity index (χ2v) is 18.9. The first-order chi connectivity index (χ1) is 26.4. The summed E-state index contributed by atoms with van der Waals surface area (Å²) in [6.45, 7) is 8.00. The zero-order valence-corrected chi connectivity index (χ0v) is 33.7. The van der Waals surface area contributed by atoms with Crippen molar-refractivity contribution in [3.63, 3.8) is 0 Å². The molecule has 4 aliphatic rings. The van der Waals surface area contributed by atoms with E-state index in [1.165, 1.54) is 4.90 Å². The predicted molar refractivity (Wildman–Crippen MR) is 206 cm³/mol. The number of carbonyl (C=O) groups is 4. The number of benzene rings is 1. The lowest BCUT2D eigenvalue weighted by molar-refractivity contribution is -0.142. The van der Waals surface area contributed by atoms with Crippen molar-refractivity contribution < 1.29 is 46.2 Å². The van der Waals surface area contributed by atoms with Gasteiger partial charge in [0, 0.05) is 23.9 Å². The summed E-state index contributed by atoms with van der Waals surface area (Å²) in [6.07, 6.45) is 6.59. The number of alkyl carbamates (subject to hydrolysis) is 1. The molecule has 0 bridgehead atoms. The minimum Gasteiger partial charge on any atom is -0.497 e. The molecule has 0 spiro atoms. The fourth-order valence-electron chi connectivity index (χ4n) is 7.91. The SMILES string of the molecule is CC[C@@H]1C[C@H](C)CC/C=C\[C@@H]2C[C@@]2(C(=O)NS(=O)(=O)C2(CF)CC2)NC(=O)[C@@H]2C[C@@H](Oc3nccc4cc(OC)ccc34)CN2C(=O)[C@H]1NC(=O)OC(C)(C)C. The van der Waals surface area contributed by atoms with Gasteiger partial charge in [-0.25, -0.2) is 22.6 Å². The highest BCUT2D eigenvalue weighted by atomic mass is 32.2. The Labute approximate surface area is 327 Å². The van der Waals surface area contributed by atoms with Crippen LogP contribution in [-0.4, -0.2) is 96.5 Å². The number of rotatable bonds is 9. The number of amides is 4. The summed E-state index contributed by atoms with van der Waals surface area (Å²) < 4.78 is 58.1. The molecule has 1 saturated heterocycles. The number of alkyl halides is 1. The molecule has 0 radical (unpaired) electrons. The smallest absolute Gasteiger partial charge is 0.408 e. The fourth-order valence-corrected chi connectivity index (χ4v) is 9.34. The predicted octanol–water partition coefficient (Wildman–Crippen LogP) is 4.71. The molecule has 56 heavy (non-hydrogen) atoms. The fraction of sp³-hybridized carbons (Fsp3) is 0.625. The first-order valence-corrected chi connectivity index (χ1v) is 20.9. The lowest BCUT2D eigenvalue weighted by Gasteiger charge is -2.34. The number of aromatic nitrogens is 1. The maximum Gasteiger partial charge on any atom is 0.408 e. The van der Waals surface area contributed by atoms with Gasteiger partial charge < -0.3 is 29.7 Å². The number of halogens is 1. The van der Waals surface area contributed by atoms with Gasteiger partial charge in [-0.15, -0.1) is 0 Å². The van der Waals surface area contributed by atoms with Crippen LogP contribution in [0.4, 0.5) is 9.18 Å². The first kappa shape index (κ1) is 41.2. The van der Waals surface area contributed by atoms with Gasteiger partial charge in [0.1, 0.15) is 46.5 Å². The molecule has 2 aliphatic carbocycles. The summed E-state index contributed by atoms with van der Waals surface area (Å²) in [6, 6.07) is 4.97. The first-order valence-electron chi connectivity index (χ1n) is 19.5. The van der Waals surface area contributed by atoms with Gasteiger partial charge in [-0.2, -0.15) is 0 Å². The van der Waals surface area contributed by atoms with Gasteiger partial charge in [0.05, 0.1) is 13.7 Å². The van der Waals surface area contributed by atoms with Gasteiger partial charge in [-0.05, 0) is 101 Å². The number of nitrogens with zero attached hydrogens (tertiary/aromatic N) is 2. The molecule has 6 rings (SSSR count). The van der Waals surface area contributed by atoms with E-state index in [0.29, 0.717) is 30.4 Å². The van der Waals surface area contributed by atoms with E-state index in [4.69, 9.17) is 14.2 Å². The Morgan fingerprint density at radius 2 is 1.89 bits per heavy atom. The molecule has 1 aromatic carbocycles. The Balaban J connectivity index is 1.36. The molecule has 1 aromatic heterocycles. The molecule has 14 nitrogen and oxygen atoms in total. The van der Waals surface area contributed by atoms with E-state index in [1.54, 1.807) is 40.1 Å². The Kier molecular flexibility index (Phi) is 11.6. The number of hydrogen-bond acceptors (Lipinski definition) is 10. The summed E-state index contributed by atoms with van der Waals surface area (Å²) in [4.78, 5) is 62.5. The van der Waals surface area contributed by atoms with Crippen LogP contribution in [0.2, 0.25) is 0 Å². The molecule has 3 N–H and O–H groups in total. The monoisotopic (exact) mass is 799 g/mol. The number of carbonyl (C=O) groups excluding carboxylic acids is 4. The minimum absolute atomic E-state index is 0.000383. The molecule has 7 atom stereocenters. The van der Waals surface area contributed by atoms with Gasteiger partial charge in [0.2, 0.25) is 27.7 Å². The molecule has 4 amide bonds. The van der Waals surface area contributed by atoms with Gasteiger partial charge >= 0.3 is 6.09 Å². The zero-order valence-electron chi connectivity index (χ0n) is 32.9. The van der Waals surface area contributed by atoms with Gasteiger partial charge in [-0.1, -0.05) is 32.4 Å². The van der Waals surface area contributed by atoms with Crippen molar-refractivity contribution in [3.8, 4) is 11.6 Å². The summed E-state index contributed by atoms with van der Waals surface area (Å²) in [7, 11) is -2.82. The third-order valence-electron chi connectivity index (χ3n) is 11.5. The lowest BCUT2D eigenvalue weighted by atomic mass is 9.85. The molecule has 3 heterocycles. The number of ether oxygens (including phenoxy) is 3. The van der Waals surface area contributed by atoms with Crippen LogP contribution in [0.1, 0.15) is 86.0 Å². The van der Waals surface area contributed by atoms with Crippen LogP contribution in [0.25, 0.3) is 10.8 Å². The molecule has 3 fully saturated rings. The second kappa shape index (κ2) is 15.8. The van der Waals surface area contributed by atoms with Crippen molar-refractivity contribution >= 4 is 44.6 Å². The standard InChI is InChI=1S/C40H54FN5O9S/c1-7-25-18-24(2)10-8-9-11-27-21-40(27,36(49)45-56(51,52)39(23-41)15-16-39)44-33(47)31-20-29(22-46(31)35(48)32(25)43-37(50)55-38(3,4)5)54-34-30-13-12-28(53-6)19-26(30)14-17-42-34/h9,11-14,17,19,24-25,27,29,31-32H,7-8,10,15-16,18,20-23H2,1-6H3,(H,43,50)(H,44,47)(H,45,49)/b11-9-/t24-,25-,27-,29-,31+,32+,40-/m1/s1. The molecular weight excluding hydrogens is 746 g/mol. The van der Waals surface area contributed by atoms with Crippen LogP contribution < -0.4 is 24.8 Å². The highest BCUT2D eigenvalue weighted by Crippen LogP contribution is 2.48. The number of hydrogen-bond donors (Lipinski definition) is 3. The number of methoxy groups -OCH3 is 1. The Morgan fingerprint density at radius 3 is 2.55 bits per heavy atom. The van der Waals surface area contributed by atoms with Crippen molar-refractivity contribution in [2.24, 2.45) is 17.8 Å².